The second-order valence-electron chi connectivity index (χ2n) is 3.96. The van der Waals surface area contributed by atoms with Crippen molar-refractivity contribution in [3.05, 3.63) is 42.0 Å². The average molecular weight is 280 g/mol. The van der Waals surface area contributed by atoms with Crippen molar-refractivity contribution in [2.45, 2.75) is 5.38 Å². The highest BCUT2D eigenvalue weighted by Gasteiger charge is 2.18. The molecule has 0 bridgehead atoms. The number of alkyl halides is 1. The molecular formula is C13H14ClN3O2. The molecule has 19 heavy (non-hydrogen) atoms. The second-order valence-corrected chi connectivity index (χ2v) is 4.39. The molecule has 6 heteroatoms. The Morgan fingerprint density at radius 1 is 1.42 bits per heavy atom. The first-order chi connectivity index (χ1) is 9.11. The molecule has 100 valence electrons. The average Bonchev–Trinajstić information content (AvgIpc) is 2.78. The normalized spacial score (nSPS) is 11.9. The van der Waals surface area contributed by atoms with Crippen LogP contribution < -0.4 is 10.1 Å². The number of carbonyl (C=O) groups excluding carboxylic acids is 1. The Kier molecular flexibility index (Phi) is 4.06. The van der Waals surface area contributed by atoms with Crippen molar-refractivity contribution in [3.8, 4) is 5.88 Å². The van der Waals surface area contributed by atoms with Crippen LogP contribution in [0.4, 0.5) is 5.82 Å². The van der Waals surface area contributed by atoms with Crippen molar-refractivity contribution in [1.29, 1.82) is 0 Å². The molecule has 1 N–H and O–H groups in total. The zero-order valence-electron chi connectivity index (χ0n) is 10.6. The molecule has 0 saturated carbocycles. The van der Waals surface area contributed by atoms with Gasteiger partial charge in [-0.2, -0.15) is 5.10 Å². The van der Waals surface area contributed by atoms with E-state index in [4.69, 9.17) is 16.3 Å². The molecule has 0 spiro atoms. The summed E-state index contributed by atoms with van der Waals surface area (Å²) < 4.78 is 6.60. The Morgan fingerprint density at radius 2 is 2.11 bits per heavy atom. The predicted octanol–water partition coefficient (Wildman–Crippen LogP) is 2.35. The fourth-order valence-electron chi connectivity index (χ4n) is 1.67. The summed E-state index contributed by atoms with van der Waals surface area (Å²) in [5, 5.41) is 6.00. The van der Waals surface area contributed by atoms with E-state index in [0.29, 0.717) is 11.7 Å². The van der Waals surface area contributed by atoms with Crippen molar-refractivity contribution >= 4 is 23.3 Å². The molecule has 0 aliphatic rings. The summed E-state index contributed by atoms with van der Waals surface area (Å²) in [5.74, 6) is 0.640. The van der Waals surface area contributed by atoms with Crippen LogP contribution in [0.3, 0.4) is 0 Å². The van der Waals surface area contributed by atoms with Gasteiger partial charge in [0.25, 0.3) is 0 Å². The van der Waals surface area contributed by atoms with Crippen molar-refractivity contribution in [2.24, 2.45) is 7.05 Å². The summed E-state index contributed by atoms with van der Waals surface area (Å²) in [6.45, 7) is 0. The van der Waals surface area contributed by atoms with Gasteiger partial charge in [-0.05, 0) is 5.56 Å². The Hall–Kier alpha value is -2.01. The van der Waals surface area contributed by atoms with E-state index < -0.39 is 5.38 Å². The van der Waals surface area contributed by atoms with Crippen LogP contribution in [-0.2, 0) is 11.8 Å². The minimum atomic E-state index is -0.755. The quantitative estimate of drug-likeness (QED) is 0.874. The molecule has 2 aromatic rings. The van der Waals surface area contributed by atoms with Gasteiger partial charge in [0, 0.05) is 13.1 Å². The van der Waals surface area contributed by atoms with Gasteiger partial charge in [-0.25, -0.2) is 4.68 Å². The summed E-state index contributed by atoms with van der Waals surface area (Å²) in [6.07, 6.45) is 0. The van der Waals surface area contributed by atoms with Crippen LogP contribution >= 0.6 is 11.6 Å². The molecule has 5 nitrogen and oxygen atoms in total. The fraction of sp³-hybridized carbons (Fsp3) is 0.231. The number of aryl methyl sites for hydroxylation is 1. The summed E-state index contributed by atoms with van der Waals surface area (Å²) in [4.78, 5) is 12.0. The first-order valence-electron chi connectivity index (χ1n) is 5.69. The van der Waals surface area contributed by atoms with Crippen molar-refractivity contribution in [3.63, 3.8) is 0 Å². The number of halogens is 1. The van der Waals surface area contributed by atoms with Gasteiger partial charge < -0.3 is 10.1 Å². The largest absolute Gasteiger partial charge is 0.481 e. The zero-order chi connectivity index (χ0) is 13.8. The van der Waals surface area contributed by atoms with Crippen LogP contribution in [0.15, 0.2) is 36.4 Å². The number of nitrogens with one attached hydrogen (secondary N) is 1. The van der Waals surface area contributed by atoms with E-state index in [0.717, 1.165) is 5.56 Å². The topological polar surface area (TPSA) is 56.1 Å². The fourth-order valence-corrected chi connectivity index (χ4v) is 1.87. The smallest absolute Gasteiger partial charge is 0.248 e. The first kappa shape index (κ1) is 13.4. The standard InChI is InChI=1S/C13H14ClN3O2/c1-17-11(19-2)8-10(16-17)15-13(18)12(14)9-6-4-3-5-7-9/h3-8,12H,1-2H3,(H,15,16,18). The molecule has 1 heterocycles. The number of nitrogens with zero attached hydrogens (tertiary/aromatic N) is 2. The molecule has 1 aromatic heterocycles. The van der Waals surface area contributed by atoms with Crippen LogP contribution in [0.2, 0.25) is 0 Å². The van der Waals surface area contributed by atoms with Crippen molar-refractivity contribution < 1.29 is 9.53 Å². The van der Waals surface area contributed by atoms with Gasteiger partial charge in [0.05, 0.1) is 7.11 Å². The molecule has 2 rings (SSSR count). The Balaban J connectivity index is 2.08. The minimum absolute atomic E-state index is 0.325. The number of methoxy groups -OCH3 is 1. The number of carbonyl (C=O) groups is 1. The van der Waals surface area contributed by atoms with Crippen molar-refractivity contribution in [1.82, 2.24) is 9.78 Å². The molecule has 0 saturated heterocycles. The predicted molar refractivity (Wildman–Crippen MR) is 73.4 cm³/mol. The highest BCUT2D eigenvalue weighted by Crippen LogP contribution is 2.23. The van der Waals surface area contributed by atoms with E-state index in [2.05, 4.69) is 10.4 Å². The van der Waals surface area contributed by atoms with E-state index in [1.807, 2.05) is 18.2 Å². The molecule has 0 radical (unpaired) electrons. The number of amides is 1. The number of benzene rings is 1. The van der Waals surface area contributed by atoms with E-state index in [9.17, 15) is 4.79 Å². The summed E-state index contributed by atoms with van der Waals surface area (Å²) in [5.41, 5.74) is 0.740. The van der Waals surface area contributed by atoms with Gasteiger partial charge >= 0.3 is 0 Å². The van der Waals surface area contributed by atoms with Gasteiger partial charge in [-0.1, -0.05) is 30.3 Å². The van der Waals surface area contributed by atoms with E-state index in [1.54, 1.807) is 25.2 Å². The van der Waals surface area contributed by atoms with Gasteiger partial charge in [-0.15, -0.1) is 11.6 Å². The van der Waals surface area contributed by atoms with Crippen LogP contribution in [0.5, 0.6) is 5.88 Å². The maximum atomic E-state index is 12.0. The molecule has 0 fully saturated rings. The number of anilines is 1. The highest BCUT2D eigenvalue weighted by atomic mass is 35.5. The molecule has 1 atom stereocenters. The Morgan fingerprint density at radius 3 is 2.68 bits per heavy atom. The lowest BCUT2D eigenvalue weighted by Crippen LogP contribution is -2.17. The molecular weight excluding hydrogens is 266 g/mol. The van der Waals surface area contributed by atoms with E-state index >= 15 is 0 Å². The third-order valence-corrected chi connectivity index (χ3v) is 3.07. The second kappa shape index (κ2) is 5.75. The van der Waals surface area contributed by atoms with Gasteiger partial charge in [0.1, 0.15) is 5.38 Å². The number of ether oxygens (including phenoxy) is 1. The molecule has 1 unspecified atom stereocenters. The summed E-state index contributed by atoms with van der Waals surface area (Å²) in [6, 6.07) is 10.8. The number of hydrogen-bond donors (Lipinski definition) is 1. The van der Waals surface area contributed by atoms with Crippen molar-refractivity contribution in [2.75, 3.05) is 12.4 Å². The highest BCUT2D eigenvalue weighted by molar-refractivity contribution is 6.32. The van der Waals surface area contributed by atoms with Crippen LogP contribution in [0.1, 0.15) is 10.9 Å². The minimum Gasteiger partial charge on any atom is -0.481 e. The Labute approximate surface area is 116 Å². The summed E-state index contributed by atoms with van der Waals surface area (Å²) >= 11 is 6.11. The molecule has 0 aliphatic heterocycles. The number of rotatable bonds is 4. The lowest BCUT2D eigenvalue weighted by atomic mass is 10.1. The monoisotopic (exact) mass is 279 g/mol. The van der Waals surface area contributed by atoms with E-state index in [-0.39, 0.29) is 5.91 Å². The lowest BCUT2D eigenvalue weighted by molar-refractivity contribution is -0.116. The van der Waals surface area contributed by atoms with Gasteiger partial charge in [0.2, 0.25) is 11.8 Å². The van der Waals surface area contributed by atoms with Crippen LogP contribution in [-0.4, -0.2) is 22.8 Å². The maximum absolute atomic E-state index is 12.0. The zero-order valence-corrected chi connectivity index (χ0v) is 11.4. The number of hydrogen-bond acceptors (Lipinski definition) is 3. The molecule has 1 amide bonds. The molecule has 0 aliphatic carbocycles. The summed E-state index contributed by atoms with van der Waals surface area (Å²) in [7, 11) is 3.26. The third-order valence-electron chi connectivity index (χ3n) is 2.62. The van der Waals surface area contributed by atoms with Crippen LogP contribution in [0, 0.1) is 0 Å². The van der Waals surface area contributed by atoms with Crippen LogP contribution in [0.25, 0.3) is 0 Å². The van der Waals surface area contributed by atoms with E-state index in [1.165, 1.54) is 11.8 Å². The third kappa shape index (κ3) is 3.06. The lowest BCUT2D eigenvalue weighted by Gasteiger charge is -2.08. The SMILES string of the molecule is COc1cc(NC(=O)C(Cl)c2ccccc2)nn1C. The number of aromatic nitrogens is 2. The van der Waals surface area contributed by atoms with Gasteiger partial charge in [-0.3, -0.25) is 4.79 Å². The Bertz CT molecular complexity index is 569. The first-order valence-corrected chi connectivity index (χ1v) is 6.13. The maximum Gasteiger partial charge on any atom is 0.248 e. The van der Waals surface area contributed by atoms with Gasteiger partial charge in [0.15, 0.2) is 5.82 Å². The molecule has 1 aromatic carbocycles.